The molecule has 0 aliphatic rings. The smallest absolute Gasteiger partial charge is 0.155 e. The van der Waals surface area contributed by atoms with E-state index in [1.165, 1.54) is 42.3 Å². The molecule has 0 bridgehead atoms. The molecule has 32 heavy (non-hydrogen) atoms. The minimum atomic E-state index is -2.50. The van der Waals surface area contributed by atoms with E-state index in [0.717, 1.165) is 0 Å². The second kappa shape index (κ2) is 8.20. The third-order valence-corrected chi connectivity index (χ3v) is 14.7. The lowest BCUT2D eigenvalue weighted by Gasteiger charge is -2.30. The maximum atomic E-state index is 7.55. The number of hydrogen-bond donors (Lipinski definition) is 0. The van der Waals surface area contributed by atoms with Crippen molar-refractivity contribution >= 4 is 79.2 Å². The normalized spacial score (nSPS) is 15.4. The molecule has 0 aromatic heterocycles. The lowest BCUT2D eigenvalue weighted by atomic mass is 10.0. The van der Waals surface area contributed by atoms with E-state index < -0.39 is 14.8 Å². The maximum Gasteiger partial charge on any atom is 0.215 e. The molecule has 0 fully saturated rings. The number of halogens is 2. The van der Waals surface area contributed by atoms with Crippen LogP contribution in [-0.4, -0.2) is 14.8 Å². The summed E-state index contributed by atoms with van der Waals surface area (Å²) in [5, 5.41) is 9.89. The predicted octanol–water partition coefficient (Wildman–Crippen LogP) is 5.85. The first kappa shape index (κ1) is 21.5. The molecule has 2 unspecified atom stereocenters. The highest BCUT2D eigenvalue weighted by Gasteiger charge is 2.38. The van der Waals surface area contributed by atoms with E-state index in [2.05, 4.69) is 122 Å². The van der Waals surface area contributed by atoms with Crippen LogP contribution in [-0.2, 0) is 0 Å². The number of rotatable bonds is 4. The molecule has 0 amide bonds. The van der Waals surface area contributed by atoms with Gasteiger partial charge in [-0.2, -0.15) is 22.2 Å². The van der Waals surface area contributed by atoms with Crippen molar-refractivity contribution in [2.24, 2.45) is 0 Å². The highest BCUT2D eigenvalue weighted by molar-refractivity contribution is 7.36. The van der Waals surface area contributed by atoms with Crippen LogP contribution in [0.4, 0.5) is 0 Å². The summed E-state index contributed by atoms with van der Waals surface area (Å²) in [5.41, 5.74) is 0. The molecule has 0 aliphatic carbocycles. The zero-order valence-electron chi connectivity index (χ0n) is 18.1. The van der Waals surface area contributed by atoms with Crippen molar-refractivity contribution < 1.29 is 0 Å². The van der Waals surface area contributed by atoms with Crippen LogP contribution in [0.3, 0.4) is 0 Å². The predicted molar refractivity (Wildman–Crippen MR) is 148 cm³/mol. The molecule has 4 heteroatoms. The van der Waals surface area contributed by atoms with Gasteiger partial charge < -0.3 is 0 Å². The maximum absolute atomic E-state index is 7.55. The number of fused-ring (bicyclic) bond motifs is 2. The third kappa shape index (κ3) is 3.43. The minimum absolute atomic E-state index is 1.22. The monoisotopic (exact) mass is 486 g/mol. The van der Waals surface area contributed by atoms with Crippen LogP contribution >= 0.6 is 22.2 Å². The van der Waals surface area contributed by atoms with E-state index in [1.54, 1.807) is 0 Å². The Labute approximate surface area is 200 Å². The summed E-state index contributed by atoms with van der Waals surface area (Å²) in [6.07, 6.45) is 0. The molecular weight excluding hydrogens is 463 g/mol. The Balaban J connectivity index is 1.94. The molecule has 5 aromatic rings. The van der Waals surface area contributed by atoms with Crippen LogP contribution in [0.15, 0.2) is 109 Å². The summed E-state index contributed by atoms with van der Waals surface area (Å²) in [5.74, 6) is 0. The van der Waals surface area contributed by atoms with Gasteiger partial charge in [0.15, 0.2) is 0 Å². The minimum Gasteiger partial charge on any atom is -0.155 e. The van der Waals surface area contributed by atoms with E-state index in [4.69, 9.17) is 22.2 Å². The molecule has 0 nitrogen and oxygen atoms in total. The van der Waals surface area contributed by atoms with Gasteiger partial charge >= 0.3 is 0 Å². The summed E-state index contributed by atoms with van der Waals surface area (Å²) in [7, 11) is -5.00. The van der Waals surface area contributed by atoms with Crippen LogP contribution < -0.4 is 20.7 Å². The van der Waals surface area contributed by atoms with Gasteiger partial charge in [0.1, 0.15) is 0 Å². The topological polar surface area (TPSA) is 0 Å². The quantitative estimate of drug-likeness (QED) is 0.170. The van der Waals surface area contributed by atoms with Gasteiger partial charge in [-0.05, 0) is 55.4 Å². The highest BCUT2D eigenvalue weighted by Crippen LogP contribution is 2.28. The molecule has 0 radical (unpaired) electrons. The molecule has 0 saturated carbocycles. The summed E-state index contributed by atoms with van der Waals surface area (Å²) >= 11 is 15.1. The average molecular weight is 488 g/mol. The summed E-state index contributed by atoms with van der Waals surface area (Å²) in [4.78, 5) is 0. The zero-order valence-corrected chi connectivity index (χ0v) is 21.7. The fourth-order valence-corrected chi connectivity index (χ4v) is 12.0. The standard InChI is InChI=1S/C28H24Cl2Si2/c1-31(29,21-13-5-3-6-14-21)27-23-17-9-11-19-25(23)28(26-20-12-10-18-24(26)27)32(2,30)22-15-7-4-8-16-22/h3-20H,1-2H3. The number of hydrogen-bond acceptors (Lipinski definition) is 0. The molecule has 158 valence electrons. The first-order valence-electron chi connectivity index (χ1n) is 10.9. The first-order chi connectivity index (χ1) is 15.4. The van der Waals surface area contributed by atoms with Gasteiger partial charge in [-0.25, -0.2) is 0 Å². The van der Waals surface area contributed by atoms with Crippen LogP contribution in [0.5, 0.6) is 0 Å². The van der Waals surface area contributed by atoms with E-state index in [0.29, 0.717) is 0 Å². The second-order valence-electron chi connectivity index (χ2n) is 8.58. The van der Waals surface area contributed by atoms with Crippen LogP contribution in [0.2, 0.25) is 13.1 Å². The Morgan fingerprint density at radius 3 is 0.938 bits per heavy atom. The SMILES string of the molecule is C[Si](Cl)(c1ccccc1)c1c2ccccc2c([Si](C)(Cl)c2ccccc2)c2ccccc12. The fraction of sp³-hybridized carbons (Fsp3) is 0.0714. The van der Waals surface area contributed by atoms with Gasteiger partial charge in [0.2, 0.25) is 14.8 Å². The Morgan fingerprint density at radius 1 is 0.406 bits per heavy atom. The van der Waals surface area contributed by atoms with Crippen LogP contribution in [0.25, 0.3) is 21.5 Å². The van der Waals surface area contributed by atoms with Crippen molar-refractivity contribution in [1.29, 1.82) is 0 Å². The van der Waals surface area contributed by atoms with Gasteiger partial charge in [0.25, 0.3) is 0 Å². The van der Waals surface area contributed by atoms with Gasteiger partial charge in [-0.1, -0.05) is 109 Å². The molecule has 0 aliphatic heterocycles. The molecule has 2 atom stereocenters. The highest BCUT2D eigenvalue weighted by atomic mass is 35.6. The summed E-state index contributed by atoms with van der Waals surface area (Å²) in [6.45, 7) is 4.48. The largest absolute Gasteiger partial charge is 0.215 e. The first-order valence-corrected chi connectivity index (χ1v) is 17.9. The number of benzene rings is 5. The fourth-order valence-electron chi connectivity index (χ4n) is 4.93. The summed E-state index contributed by atoms with van der Waals surface area (Å²) < 4.78 is 0. The van der Waals surface area contributed by atoms with Gasteiger partial charge in [-0.15, -0.1) is 0 Å². The second-order valence-corrected chi connectivity index (χ2v) is 19.3. The lowest BCUT2D eigenvalue weighted by Crippen LogP contribution is -2.55. The Bertz CT molecular complexity index is 1250. The van der Waals surface area contributed by atoms with Crippen LogP contribution in [0, 0.1) is 0 Å². The Kier molecular flexibility index (Phi) is 5.50. The summed E-state index contributed by atoms with van der Waals surface area (Å²) in [6, 6.07) is 38.5. The molecule has 0 saturated heterocycles. The molecular formula is C28H24Cl2Si2. The Morgan fingerprint density at radius 2 is 0.656 bits per heavy atom. The van der Waals surface area contributed by atoms with Crippen molar-refractivity contribution in [3.05, 3.63) is 109 Å². The van der Waals surface area contributed by atoms with E-state index >= 15 is 0 Å². The van der Waals surface area contributed by atoms with Gasteiger partial charge in [0, 0.05) is 0 Å². The van der Waals surface area contributed by atoms with Crippen molar-refractivity contribution in [1.82, 2.24) is 0 Å². The van der Waals surface area contributed by atoms with E-state index in [9.17, 15) is 0 Å². The van der Waals surface area contributed by atoms with Crippen molar-refractivity contribution in [2.75, 3.05) is 0 Å². The van der Waals surface area contributed by atoms with Gasteiger partial charge in [-0.3, -0.25) is 0 Å². The van der Waals surface area contributed by atoms with E-state index in [-0.39, 0.29) is 0 Å². The lowest BCUT2D eigenvalue weighted by molar-refractivity contribution is 1.73. The van der Waals surface area contributed by atoms with Gasteiger partial charge in [0.05, 0.1) is 0 Å². The molecule has 0 N–H and O–H groups in total. The van der Waals surface area contributed by atoms with E-state index in [1.807, 2.05) is 0 Å². The van der Waals surface area contributed by atoms with Crippen LogP contribution in [0.1, 0.15) is 0 Å². The molecule has 5 aromatic carbocycles. The molecule has 0 heterocycles. The molecule has 5 rings (SSSR count). The zero-order chi connectivity index (χ0) is 22.3. The van der Waals surface area contributed by atoms with Crippen molar-refractivity contribution in [2.45, 2.75) is 13.1 Å². The third-order valence-electron chi connectivity index (χ3n) is 6.50. The molecule has 0 spiro atoms. The van der Waals surface area contributed by atoms with Crippen molar-refractivity contribution in [3.8, 4) is 0 Å². The average Bonchev–Trinajstić information content (AvgIpc) is 2.83. The van der Waals surface area contributed by atoms with Crippen molar-refractivity contribution in [3.63, 3.8) is 0 Å². The Hall–Kier alpha value is -2.37.